The average molecular weight is 593 g/mol. The van der Waals surface area contributed by atoms with Crippen LogP contribution < -0.4 is 22.5 Å². The maximum absolute atomic E-state index is 13.8. The molecule has 0 radical (unpaired) electrons. The SMILES string of the molecule is Cc1cc(C(C)Nc2ccc(Cl)nc2/C(N)=N/N(C)N)c2c(c1)c(=O)n(C)c1c(C3CCN(C4COC4)CC3)ncn21. The molecule has 0 amide bonds. The first kappa shape index (κ1) is 28.4. The lowest BCUT2D eigenvalue weighted by Gasteiger charge is -2.41. The molecule has 1 aromatic carbocycles. The summed E-state index contributed by atoms with van der Waals surface area (Å²) in [4.78, 5) is 25.7. The normalized spacial score (nSPS) is 18.0. The molecule has 3 aromatic heterocycles. The van der Waals surface area contributed by atoms with Gasteiger partial charge in [-0.3, -0.25) is 18.7 Å². The zero-order chi connectivity index (χ0) is 29.7. The molecule has 222 valence electrons. The Hall–Kier alpha value is -3.71. The molecule has 2 aliphatic rings. The van der Waals surface area contributed by atoms with Crippen LogP contribution in [0.5, 0.6) is 0 Å². The van der Waals surface area contributed by atoms with Gasteiger partial charge >= 0.3 is 0 Å². The third-order valence-corrected chi connectivity index (χ3v) is 8.62. The Bertz CT molecular complexity index is 1730. The van der Waals surface area contributed by atoms with Crippen molar-refractivity contribution in [3.8, 4) is 0 Å². The second kappa shape index (κ2) is 11.2. The number of nitrogens with zero attached hydrogens (tertiary/aromatic N) is 7. The molecule has 5 N–H and O–H groups in total. The molecule has 4 aromatic rings. The maximum atomic E-state index is 13.8. The standard InChI is InChI=1S/C29H37ClN10O2/c1-16-11-20(17(2)34-22-5-6-23(30)35-25(22)27(31)36-38(4)32)26-21(12-16)29(41)37(3)28-24(33-15-40(26)28)18-7-9-39(10-8-18)19-13-42-14-19/h5-6,11-12,15,17-19,34H,7-10,13-14,32H2,1-4H3,(H2,31,36). The summed E-state index contributed by atoms with van der Waals surface area (Å²) in [5.74, 6) is 6.10. The lowest BCUT2D eigenvalue weighted by atomic mass is 9.92. The Labute approximate surface area is 248 Å². The predicted molar refractivity (Wildman–Crippen MR) is 165 cm³/mol. The number of hydrazone groups is 1. The molecule has 6 rings (SSSR count). The molecule has 0 bridgehead atoms. The van der Waals surface area contributed by atoms with Gasteiger partial charge in [-0.2, -0.15) is 0 Å². The highest BCUT2D eigenvalue weighted by Crippen LogP contribution is 2.34. The van der Waals surface area contributed by atoms with Crippen molar-refractivity contribution in [1.29, 1.82) is 0 Å². The van der Waals surface area contributed by atoms with Crippen LogP contribution in [0.4, 0.5) is 5.69 Å². The molecule has 2 saturated heterocycles. The third kappa shape index (κ3) is 5.08. The van der Waals surface area contributed by atoms with Gasteiger partial charge < -0.3 is 15.8 Å². The number of aryl methyl sites for hydroxylation is 2. The van der Waals surface area contributed by atoms with Gasteiger partial charge in [-0.1, -0.05) is 17.7 Å². The van der Waals surface area contributed by atoms with E-state index >= 15 is 0 Å². The van der Waals surface area contributed by atoms with E-state index in [0.717, 1.165) is 72.2 Å². The quantitative estimate of drug-likeness (QED) is 0.0969. The molecular weight excluding hydrogens is 556 g/mol. The summed E-state index contributed by atoms with van der Waals surface area (Å²) < 4.78 is 9.23. The zero-order valence-corrected chi connectivity index (χ0v) is 25.1. The summed E-state index contributed by atoms with van der Waals surface area (Å²) in [5, 5.41) is 9.67. The number of rotatable bonds is 7. The van der Waals surface area contributed by atoms with Crippen molar-refractivity contribution in [2.75, 3.05) is 38.7 Å². The van der Waals surface area contributed by atoms with Crippen LogP contribution in [0, 0.1) is 6.92 Å². The van der Waals surface area contributed by atoms with Gasteiger partial charge in [0, 0.05) is 20.0 Å². The van der Waals surface area contributed by atoms with Crippen molar-refractivity contribution >= 4 is 39.7 Å². The number of piperidine rings is 1. The van der Waals surface area contributed by atoms with E-state index in [0.29, 0.717) is 22.8 Å². The van der Waals surface area contributed by atoms with Crippen LogP contribution in [0.2, 0.25) is 5.15 Å². The lowest BCUT2D eigenvalue weighted by molar-refractivity contribution is -0.0713. The fraction of sp³-hybridized carbons (Fsp3) is 0.448. The zero-order valence-electron chi connectivity index (χ0n) is 24.3. The van der Waals surface area contributed by atoms with Gasteiger partial charge in [-0.05, 0) is 69.1 Å². The van der Waals surface area contributed by atoms with Crippen molar-refractivity contribution in [2.24, 2.45) is 23.7 Å². The second-order valence-corrected chi connectivity index (χ2v) is 11.8. The minimum Gasteiger partial charge on any atom is -0.380 e. The number of imidazole rings is 1. The molecule has 2 fully saturated rings. The van der Waals surface area contributed by atoms with Gasteiger partial charge in [0.2, 0.25) is 0 Å². The lowest BCUT2D eigenvalue weighted by Crippen LogP contribution is -2.51. The van der Waals surface area contributed by atoms with Gasteiger partial charge in [-0.25, -0.2) is 20.9 Å². The Balaban J connectivity index is 1.42. The number of aromatic nitrogens is 4. The molecule has 1 unspecified atom stereocenters. The number of amidine groups is 1. The molecule has 1 atom stereocenters. The van der Waals surface area contributed by atoms with Crippen LogP contribution in [0.3, 0.4) is 0 Å². The second-order valence-electron chi connectivity index (χ2n) is 11.4. The smallest absolute Gasteiger partial charge is 0.261 e. The number of pyridine rings is 1. The van der Waals surface area contributed by atoms with Crippen molar-refractivity contribution in [1.82, 2.24) is 29.0 Å². The van der Waals surface area contributed by atoms with E-state index in [2.05, 4.69) is 30.8 Å². The average Bonchev–Trinajstić information content (AvgIpc) is 3.36. The summed E-state index contributed by atoms with van der Waals surface area (Å²) in [6.45, 7) is 7.70. The molecule has 0 spiro atoms. The number of nitrogens with two attached hydrogens (primary N) is 2. The van der Waals surface area contributed by atoms with Gasteiger partial charge in [0.05, 0.1) is 47.6 Å². The predicted octanol–water partition coefficient (Wildman–Crippen LogP) is 2.72. The van der Waals surface area contributed by atoms with E-state index in [1.54, 1.807) is 17.7 Å². The molecule has 0 aliphatic carbocycles. The number of hydrogen-bond donors (Lipinski definition) is 3. The van der Waals surface area contributed by atoms with E-state index in [9.17, 15) is 4.79 Å². The molecule has 0 saturated carbocycles. The highest BCUT2D eigenvalue weighted by atomic mass is 35.5. The van der Waals surface area contributed by atoms with Crippen LogP contribution in [0.25, 0.3) is 16.6 Å². The number of fused-ring (bicyclic) bond motifs is 3. The highest BCUT2D eigenvalue weighted by Gasteiger charge is 2.32. The van der Waals surface area contributed by atoms with E-state index in [4.69, 9.17) is 32.9 Å². The van der Waals surface area contributed by atoms with E-state index in [1.165, 1.54) is 0 Å². The minimum absolute atomic E-state index is 0.0448. The first-order valence-corrected chi connectivity index (χ1v) is 14.6. The number of hydrazine groups is 1. The van der Waals surface area contributed by atoms with Crippen molar-refractivity contribution in [2.45, 2.75) is 44.7 Å². The Morgan fingerprint density at radius 2 is 2.00 bits per heavy atom. The maximum Gasteiger partial charge on any atom is 0.261 e. The third-order valence-electron chi connectivity index (χ3n) is 8.41. The van der Waals surface area contributed by atoms with Gasteiger partial charge in [-0.15, -0.1) is 5.10 Å². The first-order valence-electron chi connectivity index (χ1n) is 14.2. The fourth-order valence-electron chi connectivity index (χ4n) is 6.23. The monoisotopic (exact) mass is 592 g/mol. The van der Waals surface area contributed by atoms with Crippen LogP contribution in [0.15, 0.2) is 40.5 Å². The summed E-state index contributed by atoms with van der Waals surface area (Å²) in [6, 6.07) is 7.84. The number of benzene rings is 1. The minimum atomic E-state index is -0.244. The van der Waals surface area contributed by atoms with E-state index in [-0.39, 0.29) is 28.5 Å². The van der Waals surface area contributed by atoms with Gasteiger partial charge in [0.1, 0.15) is 22.8 Å². The van der Waals surface area contributed by atoms with Gasteiger partial charge in [0.15, 0.2) is 5.84 Å². The number of likely N-dealkylation sites (tertiary alicyclic amines) is 1. The Morgan fingerprint density at radius 3 is 2.67 bits per heavy atom. The van der Waals surface area contributed by atoms with Gasteiger partial charge in [0.25, 0.3) is 5.56 Å². The molecule has 13 heteroatoms. The summed E-state index contributed by atoms with van der Waals surface area (Å²) in [6.07, 6.45) is 3.87. The Kier molecular flexibility index (Phi) is 7.56. The molecule has 5 heterocycles. The summed E-state index contributed by atoms with van der Waals surface area (Å²) in [7, 11) is 3.42. The topological polar surface area (TPSA) is 144 Å². The number of nitrogens with one attached hydrogen (secondary N) is 1. The summed E-state index contributed by atoms with van der Waals surface area (Å²) >= 11 is 6.20. The van der Waals surface area contributed by atoms with Crippen LogP contribution in [-0.2, 0) is 11.8 Å². The van der Waals surface area contributed by atoms with E-state index in [1.807, 2.05) is 39.4 Å². The number of halogens is 1. The molecular formula is C29H37ClN10O2. The number of anilines is 1. The number of hydrogen-bond acceptors (Lipinski definition) is 9. The van der Waals surface area contributed by atoms with Crippen molar-refractivity contribution < 1.29 is 4.74 Å². The largest absolute Gasteiger partial charge is 0.380 e. The number of ether oxygens (including phenoxy) is 1. The van der Waals surface area contributed by atoms with Crippen LogP contribution in [-0.4, -0.2) is 74.2 Å². The van der Waals surface area contributed by atoms with Crippen molar-refractivity contribution in [3.63, 3.8) is 0 Å². The van der Waals surface area contributed by atoms with Crippen LogP contribution in [0.1, 0.15) is 54.2 Å². The van der Waals surface area contributed by atoms with Crippen LogP contribution >= 0.6 is 11.6 Å². The summed E-state index contributed by atoms with van der Waals surface area (Å²) in [5.41, 5.74) is 11.8. The molecule has 2 aliphatic heterocycles. The molecule has 42 heavy (non-hydrogen) atoms. The first-order chi connectivity index (χ1) is 20.1. The fourth-order valence-corrected chi connectivity index (χ4v) is 6.38. The molecule has 12 nitrogen and oxygen atoms in total. The highest BCUT2D eigenvalue weighted by molar-refractivity contribution is 6.29. The van der Waals surface area contributed by atoms with Crippen molar-refractivity contribution in [3.05, 3.63) is 68.6 Å². The Morgan fingerprint density at radius 1 is 1.26 bits per heavy atom. The van der Waals surface area contributed by atoms with E-state index < -0.39 is 0 Å².